The normalized spacial score (nSPS) is 20.2. The second kappa shape index (κ2) is 9.77. The van der Waals surface area contributed by atoms with Crippen LogP contribution in [0.15, 0.2) is 35.4 Å². The summed E-state index contributed by atoms with van der Waals surface area (Å²) in [5.74, 6) is -0.705. The molecule has 1 aromatic rings. The van der Waals surface area contributed by atoms with Gasteiger partial charge >= 0.3 is 0 Å². The van der Waals surface area contributed by atoms with E-state index in [4.69, 9.17) is 12.2 Å². The first-order chi connectivity index (χ1) is 15.1. The lowest BCUT2D eigenvalue weighted by Crippen LogP contribution is -2.54. The zero-order valence-electron chi connectivity index (χ0n) is 18.3. The third kappa shape index (κ3) is 4.90. The van der Waals surface area contributed by atoms with Gasteiger partial charge in [-0.15, -0.1) is 0 Å². The van der Waals surface area contributed by atoms with Crippen LogP contribution in [0, 0.1) is 0 Å². The lowest BCUT2D eigenvalue weighted by molar-refractivity contribution is -0.128. The maximum absolute atomic E-state index is 13.1. The number of carbonyl (C=O) groups is 2. The van der Waals surface area contributed by atoms with E-state index in [1.807, 2.05) is 6.07 Å². The molecule has 2 aliphatic heterocycles. The van der Waals surface area contributed by atoms with Crippen LogP contribution in [-0.2, 0) is 16.0 Å². The maximum atomic E-state index is 13.1. The highest BCUT2D eigenvalue weighted by Crippen LogP contribution is 2.30. The van der Waals surface area contributed by atoms with Crippen molar-refractivity contribution in [3.8, 4) is 0 Å². The summed E-state index contributed by atoms with van der Waals surface area (Å²) in [6, 6.07) is 6.23. The Morgan fingerprint density at radius 2 is 2.03 bits per heavy atom. The number of benzene rings is 1. The van der Waals surface area contributed by atoms with Gasteiger partial charge in [0.15, 0.2) is 5.11 Å². The average molecular weight is 438 g/mol. The van der Waals surface area contributed by atoms with Crippen LogP contribution in [0.25, 0.3) is 6.08 Å². The topological polar surface area (TPSA) is 52.7 Å². The molecule has 0 atom stereocenters. The van der Waals surface area contributed by atoms with Crippen molar-refractivity contribution in [1.82, 2.24) is 10.2 Å². The number of allylic oxidation sites excluding steroid dienone is 1. The summed E-state index contributed by atoms with van der Waals surface area (Å²) in [6.07, 6.45) is 12.8. The SMILES string of the molecule is CCCCN1CCc2cc(/C=C3\C(=O)NC(=S)N(CCC4=CCCCC4)C3=O)ccc21. The Bertz CT molecular complexity index is 950. The fourth-order valence-corrected chi connectivity index (χ4v) is 4.88. The molecule has 4 rings (SSSR count). The van der Waals surface area contributed by atoms with E-state index in [1.54, 1.807) is 6.08 Å². The lowest BCUT2D eigenvalue weighted by atomic mass is 9.97. The minimum absolute atomic E-state index is 0.159. The fraction of sp³-hybridized carbons (Fsp3) is 0.480. The monoisotopic (exact) mass is 437 g/mol. The molecule has 31 heavy (non-hydrogen) atoms. The molecule has 3 aliphatic rings. The summed E-state index contributed by atoms with van der Waals surface area (Å²) in [7, 11) is 0. The number of thiocarbonyl (C=S) groups is 1. The van der Waals surface area contributed by atoms with Gasteiger partial charge in [0.05, 0.1) is 0 Å². The van der Waals surface area contributed by atoms with Crippen molar-refractivity contribution in [3.63, 3.8) is 0 Å². The van der Waals surface area contributed by atoms with Crippen LogP contribution in [0.1, 0.15) is 63.0 Å². The summed E-state index contributed by atoms with van der Waals surface area (Å²) in [5, 5.41) is 2.91. The molecular formula is C25H31N3O2S. The molecule has 1 aromatic carbocycles. The maximum Gasteiger partial charge on any atom is 0.265 e. The molecule has 0 spiro atoms. The minimum Gasteiger partial charge on any atom is -0.371 e. The minimum atomic E-state index is -0.409. The van der Waals surface area contributed by atoms with Crippen LogP contribution in [0.3, 0.4) is 0 Å². The van der Waals surface area contributed by atoms with Gasteiger partial charge in [0, 0.05) is 25.3 Å². The number of nitrogens with zero attached hydrogens (tertiary/aromatic N) is 2. The fourth-order valence-electron chi connectivity index (χ4n) is 4.61. The third-order valence-corrected chi connectivity index (χ3v) is 6.74. The molecule has 0 unspecified atom stereocenters. The molecule has 0 aromatic heterocycles. The van der Waals surface area contributed by atoms with E-state index in [0.717, 1.165) is 44.3 Å². The van der Waals surface area contributed by atoms with Crippen molar-refractivity contribution < 1.29 is 9.59 Å². The first-order valence-corrected chi connectivity index (χ1v) is 11.9. The lowest BCUT2D eigenvalue weighted by Gasteiger charge is -2.29. The van der Waals surface area contributed by atoms with E-state index in [2.05, 4.69) is 35.3 Å². The zero-order chi connectivity index (χ0) is 21.8. The van der Waals surface area contributed by atoms with Crippen LogP contribution < -0.4 is 10.2 Å². The molecule has 0 bridgehead atoms. The first kappa shape index (κ1) is 21.8. The van der Waals surface area contributed by atoms with Gasteiger partial charge in [0.1, 0.15) is 5.57 Å². The smallest absolute Gasteiger partial charge is 0.265 e. The number of nitrogens with one attached hydrogen (secondary N) is 1. The molecule has 2 amide bonds. The Morgan fingerprint density at radius 1 is 1.16 bits per heavy atom. The quantitative estimate of drug-likeness (QED) is 0.298. The summed E-state index contributed by atoms with van der Waals surface area (Å²) < 4.78 is 0. The largest absolute Gasteiger partial charge is 0.371 e. The number of hydrogen-bond donors (Lipinski definition) is 1. The van der Waals surface area contributed by atoms with E-state index < -0.39 is 5.91 Å². The molecule has 1 saturated heterocycles. The summed E-state index contributed by atoms with van der Waals surface area (Å²) in [6.45, 7) is 4.83. The van der Waals surface area contributed by atoms with Gasteiger partial charge in [-0.2, -0.15) is 0 Å². The predicted octanol–water partition coefficient (Wildman–Crippen LogP) is 4.37. The number of amides is 2. The molecule has 5 nitrogen and oxygen atoms in total. The van der Waals surface area contributed by atoms with Crippen molar-refractivity contribution in [2.24, 2.45) is 0 Å². The second-order valence-corrected chi connectivity index (χ2v) is 9.00. The van der Waals surface area contributed by atoms with Crippen molar-refractivity contribution >= 4 is 40.9 Å². The highest BCUT2D eigenvalue weighted by Gasteiger charge is 2.33. The Balaban J connectivity index is 1.50. The molecule has 1 aliphatic carbocycles. The van der Waals surface area contributed by atoms with Crippen LogP contribution in [0.4, 0.5) is 5.69 Å². The Hall–Kier alpha value is -2.47. The highest BCUT2D eigenvalue weighted by atomic mass is 32.1. The molecule has 6 heteroatoms. The van der Waals surface area contributed by atoms with Gasteiger partial charge in [-0.1, -0.05) is 31.1 Å². The van der Waals surface area contributed by atoms with Gasteiger partial charge in [-0.25, -0.2) is 0 Å². The number of fused-ring (bicyclic) bond motifs is 1. The first-order valence-electron chi connectivity index (χ1n) is 11.5. The average Bonchev–Trinajstić information content (AvgIpc) is 3.18. The number of carbonyl (C=O) groups excluding carboxylic acids is 2. The van der Waals surface area contributed by atoms with E-state index in [-0.39, 0.29) is 16.6 Å². The summed E-state index contributed by atoms with van der Waals surface area (Å²) in [4.78, 5) is 29.6. The van der Waals surface area contributed by atoms with Gasteiger partial charge in [0.2, 0.25) is 0 Å². The predicted molar refractivity (Wildman–Crippen MR) is 129 cm³/mol. The van der Waals surface area contributed by atoms with Crippen molar-refractivity contribution in [2.75, 3.05) is 24.5 Å². The van der Waals surface area contributed by atoms with E-state index >= 15 is 0 Å². The van der Waals surface area contributed by atoms with E-state index in [1.165, 1.54) is 47.4 Å². The van der Waals surface area contributed by atoms with Gasteiger partial charge in [0.25, 0.3) is 11.8 Å². The van der Waals surface area contributed by atoms with Crippen molar-refractivity contribution in [1.29, 1.82) is 0 Å². The molecular weight excluding hydrogens is 406 g/mol. The Morgan fingerprint density at radius 3 is 2.81 bits per heavy atom. The second-order valence-electron chi connectivity index (χ2n) is 8.61. The Labute approximate surface area is 190 Å². The van der Waals surface area contributed by atoms with Gasteiger partial charge in [-0.05, 0) is 86.5 Å². The van der Waals surface area contributed by atoms with E-state index in [9.17, 15) is 9.59 Å². The number of unbranched alkanes of at least 4 members (excludes halogenated alkanes) is 1. The van der Waals surface area contributed by atoms with Crippen molar-refractivity contribution in [2.45, 2.75) is 58.3 Å². The van der Waals surface area contributed by atoms with Crippen LogP contribution >= 0.6 is 12.2 Å². The Kier molecular flexibility index (Phi) is 6.86. The van der Waals surface area contributed by atoms with E-state index in [0.29, 0.717) is 6.54 Å². The summed E-state index contributed by atoms with van der Waals surface area (Å²) >= 11 is 5.30. The summed E-state index contributed by atoms with van der Waals surface area (Å²) in [5.41, 5.74) is 4.99. The molecule has 0 saturated carbocycles. The standard InChI is InChI=1S/C25H31N3O2S/c1-2-3-13-27-14-12-20-16-19(9-10-22(20)27)17-21-23(29)26-25(31)28(24(21)30)15-11-18-7-5-4-6-8-18/h7,9-10,16-17H,2-6,8,11-15H2,1H3,(H,26,29,31)/b21-17+. The third-order valence-electron chi connectivity index (χ3n) is 6.42. The molecule has 164 valence electrons. The van der Waals surface area contributed by atoms with Crippen LogP contribution in [0.5, 0.6) is 0 Å². The van der Waals surface area contributed by atoms with Crippen LogP contribution in [0.2, 0.25) is 0 Å². The molecule has 1 N–H and O–H groups in total. The molecule has 1 fully saturated rings. The van der Waals surface area contributed by atoms with Crippen LogP contribution in [-0.4, -0.2) is 41.5 Å². The number of anilines is 1. The zero-order valence-corrected chi connectivity index (χ0v) is 19.1. The number of rotatable bonds is 7. The van der Waals surface area contributed by atoms with Crippen molar-refractivity contribution in [3.05, 3.63) is 46.5 Å². The molecule has 0 radical (unpaired) electrons. The van der Waals surface area contributed by atoms with Gasteiger partial charge < -0.3 is 4.90 Å². The highest BCUT2D eigenvalue weighted by molar-refractivity contribution is 7.80. The number of hydrogen-bond acceptors (Lipinski definition) is 4. The van der Waals surface area contributed by atoms with Gasteiger partial charge in [-0.3, -0.25) is 19.8 Å². The molecule has 2 heterocycles.